The maximum absolute atomic E-state index is 12.7. The topological polar surface area (TPSA) is 17.1 Å². The van der Waals surface area contributed by atoms with Crippen LogP contribution in [0.3, 0.4) is 0 Å². The summed E-state index contributed by atoms with van der Waals surface area (Å²) in [5, 5.41) is 3.11. The molecule has 82 valence electrons. The maximum Gasteiger partial charge on any atom is 0.265 e. The summed E-state index contributed by atoms with van der Waals surface area (Å²) in [4.78, 5) is 10.6. The van der Waals surface area contributed by atoms with Crippen molar-refractivity contribution in [2.45, 2.75) is 6.43 Å². The zero-order valence-corrected chi connectivity index (χ0v) is 9.01. The third-order valence-corrected chi connectivity index (χ3v) is 3.02. The van der Waals surface area contributed by atoms with Crippen LogP contribution in [0.2, 0.25) is 0 Å². The molecule has 1 aromatic carbocycles. The number of aldehydes is 1. The van der Waals surface area contributed by atoms with E-state index in [0.29, 0.717) is 23.0 Å². The molecule has 1 nitrogen and oxygen atoms in total. The summed E-state index contributed by atoms with van der Waals surface area (Å²) < 4.78 is 25.3. The van der Waals surface area contributed by atoms with E-state index in [0.717, 1.165) is 0 Å². The number of alkyl halides is 2. The lowest BCUT2D eigenvalue weighted by atomic mass is 10.0. The maximum atomic E-state index is 12.7. The Labute approximate surface area is 95.4 Å². The highest BCUT2D eigenvalue weighted by Gasteiger charge is 2.15. The molecule has 0 fully saturated rings. The predicted molar refractivity (Wildman–Crippen MR) is 60.1 cm³/mol. The summed E-state index contributed by atoms with van der Waals surface area (Å²) in [6.45, 7) is 0. The Balaban J connectivity index is 2.49. The number of rotatable bonds is 3. The van der Waals surface area contributed by atoms with Gasteiger partial charge in [-0.15, -0.1) is 0 Å². The van der Waals surface area contributed by atoms with Crippen molar-refractivity contribution in [2.24, 2.45) is 0 Å². The molecule has 0 radical (unpaired) electrons. The van der Waals surface area contributed by atoms with Crippen molar-refractivity contribution in [3.63, 3.8) is 0 Å². The minimum atomic E-state index is -2.49. The van der Waals surface area contributed by atoms with Gasteiger partial charge in [0.1, 0.15) is 6.29 Å². The van der Waals surface area contributed by atoms with Gasteiger partial charge < -0.3 is 0 Å². The first-order chi connectivity index (χ1) is 7.72. The van der Waals surface area contributed by atoms with Gasteiger partial charge in [0.15, 0.2) is 0 Å². The molecule has 0 spiro atoms. The number of benzene rings is 1. The van der Waals surface area contributed by atoms with Crippen molar-refractivity contribution in [1.29, 1.82) is 0 Å². The largest absolute Gasteiger partial charge is 0.298 e. The minimum absolute atomic E-state index is 0.0213. The second kappa shape index (κ2) is 4.53. The molecule has 0 N–H and O–H groups in total. The predicted octanol–water partition coefficient (Wildman–Crippen LogP) is 4.17. The molecule has 0 aliphatic carbocycles. The number of carbonyl (C=O) groups excluding carboxylic acids is 1. The van der Waals surface area contributed by atoms with E-state index in [1.165, 1.54) is 16.7 Å². The van der Waals surface area contributed by atoms with Crippen molar-refractivity contribution in [1.82, 2.24) is 0 Å². The fourth-order valence-electron chi connectivity index (χ4n) is 1.49. The Morgan fingerprint density at radius 3 is 2.75 bits per heavy atom. The molecule has 0 bridgehead atoms. The van der Waals surface area contributed by atoms with E-state index in [4.69, 9.17) is 0 Å². The van der Waals surface area contributed by atoms with Crippen LogP contribution in [0.1, 0.15) is 22.3 Å². The van der Waals surface area contributed by atoms with E-state index in [2.05, 4.69) is 0 Å². The minimum Gasteiger partial charge on any atom is -0.298 e. The van der Waals surface area contributed by atoms with Gasteiger partial charge in [-0.2, -0.15) is 11.3 Å². The van der Waals surface area contributed by atoms with Crippen molar-refractivity contribution in [3.05, 3.63) is 46.2 Å². The summed E-state index contributed by atoms with van der Waals surface area (Å²) in [5.74, 6) is 0. The van der Waals surface area contributed by atoms with Gasteiger partial charge in [-0.3, -0.25) is 4.79 Å². The second-order valence-electron chi connectivity index (χ2n) is 3.28. The van der Waals surface area contributed by atoms with Crippen LogP contribution in [0, 0.1) is 0 Å². The second-order valence-corrected chi connectivity index (χ2v) is 4.03. The summed E-state index contributed by atoms with van der Waals surface area (Å²) in [7, 11) is 0. The molecule has 0 aliphatic heterocycles. The fraction of sp³-hybridized carbons (Fsp3) is 0.0833. The van der Waals surface area contributed by atoms with Gasteiger partial charge in [-0.1, -0.05) is 18.2 Å². The quantitative estimate of drug-likeness (QED) is 0.733. The van der Waals surface area contributed by atoms with E-state index in [-0.39, 0.29) is 5.56 Å². The molecule has 0 saturated heterocycles. The van der Waals surface area contributed by atoms with Crippen molar-refractivity contribution in [3.8, 4) is 11.1 Å². The summed E-state index contributed by atoms with van der Waals surface area (Å²) in [5.41, 5.74) is 1.67. The van der Waals surface area contributed by atoms with Crippen molar-refractivity contribution < 1.29 is 13.6 Å². The first kappa shape index (κ1) is 11.0. The van der Waals surface area contributed by atoms with Crippen LogP contribution in [0.4, 0.5) is 8.78 Å². The Hall–Kier alpha value is -1.55. The van der Waals surface area contributed by atoms with E-state index in [9.17, 15) is 13.6 Å². The van der Waals surface area contributed by atoms with Crippen LogP contribution in [0.5, 0.6) is 0 Å². The summed E-state index contributed by atoms with van der Waals surface area (Å²) in [6.07, 6.45) is -1.78. The van der Waals surface area contributed by atoms with Crippen LogP contribution in [0.25, 0.3) is 11.1 Å². The van der Waals surface area contributed by atoms with E-state index in [1.807, 2.05) is 0 Å². The molecular weight excluding hydrogens is 230 g/mol. The zero-order valence-electron chi connectivity index (χ0n) is 8.19. The van der Waals surface area contributed by atoms with Crippen molar-refractivity contribution in [2.75, 3.05) is 0 Å². The SMILES string of the molecule is O=Cc1cccc(-c2cscc2C(F)F)c1. The Bertz CT molecular complexity index is 505. The van der Waals surface area contributed by atoms with Gasteiger partial charge in [-0.25, -0.2) is 8.78 Å². The van der Waals surface area contributed by atoms with Crippen LogP contribution < -0.4 is 0 Å². The Morgan fingerprint density at radius 2 is 2.06 bits per heavy atom. The molecule has 0 atom stereocenters. The normalized spacial score (nSPS) is 10.7. The van der Waals surface area contributed by atoms with Crippen LogP contribution in [0.15, 0.2) is 35.0 Å². The molecule has 0 amide bonds. The highest BCUT2D eigenvalue weighted by Crippen LogP contribution is 2.34. The van der Waals surface area contributed by atoms with Crippen LogP contribution in [-0.2, 0) is 0 Å². The molecule has 1 aromatic heterocycles. The molecule has 0 aliphatic rings. The first-order valence-electron chi connectivity index (χ1n) is 4.62. The molecule has 2 rings (SSSR count). The van der Waals surface area contributed by atoms with Gasteiger partial charge in [0.05, 0.1) is 0 Å². The van der Waals surface area contributed by atoms with Crippen LogP contribution in [-0.4, -0.2) is 6.29 Å². The van der Waals surface area contributed by atoms with Crippen molar-refractivity contribution >= 4 is 17.6 Å². The van der Waals surface area contributed by atoms with Gasteiger partial charge in [0.2, 0.25) is 0 Å². The number of thiophene rings is 1. The van der Waals surface area contributed by atoms with E-state index >= 15 is 0 Å². The van der Waals surface area contributed by atoms with Crippen LogP contribution >= 0.6 is 11.3 Å². The molecular formula is C12H8F2OS. The third-order valence-electron chi connectivity index (χ3n) is 2.26. The highest BCUT2D eigenvalue weighted by molar-refractivity contribution is 7.08. The lowest BCUT2D eigenvalue weighted by molar-refractivity contribution is 0.112. The smallest absolute Gasteiger partial charge is 0.265 e. The highest BCUT2D eigenvalue weighted by atomic mass is 32.1. The fourth-order valence-corrected chi connectivity index (χ4v) is 2.34. The molecule has 0 saturated carbocycles. The number of carbonyl (C=O) groups is 1. The molecule has 0 unspecified atom stereocenters. The standard InChI is InChI=1S/C12H8F2OS/c13-12(14)11-7-16-6-10(11)9-3-1-2-8(4-9)5-15/h1-7,12H. The first-order valence-corrected chi connectivity index (χ1v) is 5.56. The molecule has 2 aromatic rings. The monoisotopic (exact) mass is 238 g/mol. The Morgan fingerprint density at radius 1 is 1.25 bits per heavy atom. The zero-order chi connectivity index (χ0) is 11.5. The average molecular weight is 238 g/mol. The van der Waals surface area contributed by atoms with Gasteiger partial charge in [0, 0.05) is 22.1 Å². The summed E-state index contributed by atoms with van der Waals surface area (Å²) in [6, 6.07) is 6.67. The van der Waals surface area contributed by atoms with Gasteiger partial charge >= 0.3 is 0 Å². The van der Waals surface area contributed by atoms with Gasteiger partial charge in [-0.05, 0) is 17.0 Å². The van der Waals surface area contributed by atoms with Gasteiger partial charge in [0.25, 0.3) is 6.43 Å². The number of halogens is 2. The van der Waals surface area contributed by atoms with E-state index in [1.54, 1.807) is 29.6 Å². The average Bonchev–Trinajstić information content (AvgIpc) is 2.78. The summed E-state index contributed by atoms with van der Waals surface area (Å²) >= 11 is 1.23. The molecule has 16 heavy (non-hydrogen) atoms. The van der Waals surface area contributed by atoms with E-state index < -0.39 is 6.43 Å². The lowest BCUT2D eigenvalue weighted by Gasteiger charge is -2.03. The molecule has 1 heterocycles. The molecule has 4 heteroatoms. The lowest BCUT2D eigenvalue weighted by Crippen LogP contribution is -1.86. The third kappa shape index (κ3) is 2.02. The number of hydrogen-bond acceptors (Lipinski definition) is 2. The number of hydrogen-bond donors (Lipinski definition) is 0. The Kier molecular flexibility index (Phi) is 3.10.